The van der Waals surface area contributed by atoms with Crippen molar-refractivity contribution in [1.29, 1.82) is 0 Å². The van der Waals surface area contributed by atoms with Gasteiger partial charge in [0.05, 0.1) is 19.8 Å². The minimum Gasteiger partial charge on any atom is -0.493 e. The van der Waals surface area contributed by atoms with Crippen LogP contribution < -0.4 is 14.8 Å². The average Bonchev–Trinajstić information content (AvgIpc) is 3.36. The van der Waals surface area contributed by atoms with E-state index >= 15 is 0 Å². The summed E-state index contributed by atoms with van der Waals surface area (Å²) in [5, 5.41) is 2.83. The highest BCUT2D eigenvalue weighted by molar-refractivity contribution is 5.92. The second-order valence-electron chi connectivity index (χ2n) is 5.34. The largest absolute Gasteiger partial charge is 0.493 e. The van der Waals surface area contributed by atoms with Crippen molar-refractivity contribution >= 4 is 11.9 Å². The Morgan fingerprint density at radius 1 is 1.23 bits per heavy atom. The number of methoxy groups -OCH3 is 2. The molecule has 0 aromatic heterocycles. The lowest BCUT2D eigenvalue weighted by Crippen LogP contribution is -2.37. The van der Waals surface area contributed by atoms with Crippen LogP contribution in [-0.2, 0) is 9.53 Å². The number of carbonyl (C=O) groups excluding carboxylic acids is 2. The number of ether oxygens (including phenoxy) is 3. The summed E-state index contributed by atoms with van der Waals surface area (Å²) in [6.45, 7) is 1.68. The van der Waals surface area contributed by atoms with Gasteiger partial charge in [0.25, 0.3) is 5.91 Å². The zero-order valence-corrected chi connectivity index (χ0v) is 13.0. The molecule has 0 bridgehead atoms. The maximum Gasteiger partial charge on any atom is 0.338 e. The van der Waals surface area contributed by atoms with Crippen LogP contribution in [0.4, 0.5) is 0 Å². The molecule has 0 heterocycles. The van der Waals surface area contributed by atoms with Gasteiger partial charge in [-0.25, -0.2) is 4.79 Å². The first-order chi connectivity index (χ1) is 10.5. The van der Waals surface area contributed by atoms with Crippen LogP contribution in [0.1, 0.15) is 30.1 Å². The van der Waals surface area contributed by atoms with Gasteiger partial charge in [-0.3, -0.25) is 4.79 Å². The Morgan fingerprint density at radius 3 is 2.50 bits per heavy atom. The number of amides is 1. The molecule has 6 heteroatoms. The maximum absolute atomic E-state index is 12.0. The van der Waals surface area contributed by atoms with E-state index in [0.29, 0.717) is 23.0 Å². The SMILES string of the molecule is COc1ccc(C(=O)OCC(=O)N[C@H](C)C2CC2)cc1OC. The van der Waals surface area contributed by atoms with Crippen LogP contribution in [-0.4, -0.2) is 38.7 Å². The summed E-state index contributed by atoms with van der Waals surface area (Å²) in [4.78, 5) is 23.7. The van der Waals surface area contributed by atoms with E-state index in [4.69, 9.17) is 14.2 Å². The molecule has 1 amide bonds. The molecule has 0 saturated heterocycles. The molecular formula is C16H21NO5. The van der Waals surface area contributed by atoms with Gasteiger partial charge in [-0.2, -0.15) is 0 Å². The molecule has 0 radical (unpaired) electrons. The summed E-state index contributed by atoms with van der Waals surface area (Å²) in [5.41, 5.74) is 0.306. The van der Waals surface area contributed by atoms with Crippen molar-refractivity contribution in [2.45, 2.75) is 25.8 Å². The van der Waals surface area contributed by atoms with Crippen LogP contribution in [0.25, 0.3) is 0 Å². The van der Waals surface area contributed by atoms with Gasteiger partial charge in [0.15, 0.2) is 18.1 Å². The van der Waals surface area contributed by atoms with Crippen molar-refractivity contribution in [1.82, 2.24) is 5.32 Å². The summed E-state index contributed by atoms with van der Waals surface area (Å²) in [5.74, 6) is 0.660. The Kier molecular flexibility index (Phi) is 5.25. The number of hydrogen-bond donors (Lipinski definition) is 1. The summed E-state index contributed by atoms with van der Waals surface area (Å²) >= 11 is 0. The molecule has 120 valence electrons. The normalized spacial score (nSPS) is 14.9. The average molecular weight is 307 g/mol. The number of nitrogens with one attached hydrogen (secondary N) is 1. The molecule has 1 N–H and O–H groups in total. The molecule has 22 heavy (non-hydrogen) atoms. The molecule has 1 atom stereocenters. The van der Waals surface area contributed by atoms with Crippen molar-refractivity contribution < 1.29 is 23.8 Å². The first kappa shape index (κ1) is 16.1. The van der Waals surface area contributed by atoms with E-state index in [1.54, 1.807) is 12.1 Å². The zero-order valence-electron chi connectivity index (χ0n) is 13.0. The lowest BCUT2D eigenvalue weighted by atomic mass is 10.2. The van der Waals surface area contributed by atoms with Gasteiger partial charge in [-0.1, -0.05) is 0 Å². The van der Waals surface area contributed by atoms with Crippen LogP contribution in [0.2, 0.25) is 0 Å². The van der Waals surface area contributed by atoms with Crippen LogP contribution in [0.15, 0.2) is 18.2 Å². The Morgan fingerprint density at radius 2 is 1.91 bits per heavy atom. The van der Waals surface area contributed by atoms with Gasteiger partial charge in [-0.15, -0.1) is 0 Å². The van der Waals surface area contributed by atoms with E-state index in [1.165, 1.54) is 20.3 Å². The summed E-state index contributed by atoms with van der Waals surface area (Å²) in [6, 6.07) is 4.83. The number of rotatable bonds is 7. The standard InChI is InChI=1S/C16H21NO5/c1-10(11-4-5-11)17-15(18)9-22-16(19)12-6-7-13(20-2)14(8-12)21-3/h6-8,10-11H,4-5,9H2,1-3H3,(H,17,18)/t10-/m1/s1. The predicted molar refractivity (Wildman–Crippen MR) is 80.2 cm³/mol. The number of hydrogen-bond acceptors (Lipinski definition) is 5. The zero-order chi connectivity index (χ0) is 16.1. The molecule has 1 fully saturated rings. The summed E-state index contributed by atoms with van der Waals surface area (Å²) < 4.78 is 15.2. The van der Waals surface area contributed by atoms with Crippen molar-refractivity contribution in [2.75, 3.05) is 20.8 Å². The Balaban J connectivity index is 1.87. The van der Waals surface area contributed by atoms with Gasteiger partial charge in [-0.05, 0) is 43.9 Å². The van der Waals surface area contributed by atoms with E-state index in [9.17, 15) is 9.59 Å². The molecule has 1 saturated carbocycles. The minimum atomic E-state index is -0.574. The summed E-state index contributed by atoms with van der Waals surface area (Å²) in [6.07, 6.45) is 2.29. The fourth-order valence-electron chi connectivity index (χ4n) is 2.19. The van der Waals surface area contributed by atoms with Crippen LogP contribution in [0, 0.1) is 5.92 Å². The molecule has 6 nitrogen and oxygen atoms in total. The molecule has 1 aliphatic rings. The Labute approximate surface area is 129 Å². The summed E-state index contributed by atoms with van der Waals surface area (Å²) in [7, 11) is 3.00. The highest BCUT2D eigenvalue weighted by Crippen LogP contribution is 2.32. The molecule has 0 aliphatic heterocycles. The van der Waals surface area contributed by atoms with Crippen molar-refractivity contribution in [3.8, 4) is 11.5 Å². The van der Waals surface area contributed by atoms with E-state index < -0.39 is 5.97 Å². The highest BCUT2D eigenvalue weighted by Gasteiger charge is 2.29. The van der Waals surface area contributed by atoms with E-state index in [0.717, 1.165) is 12.8 Å². The number of benzene rings is 1. The van der Waals surface area contributed by atoms with Crippen molar-refractivity contribution in [3.63, 3.8) is 0 Å². The lowest BCUT2D eigenvalue weighted by molar-refractivity contribution is -0.124. The predicted octanol–water partition coefficient (Wildman–Crippen LogP) is 1.78. The third-order valence-electron chi connectivity index (χ3n) is 3.67. The monoisotopic (exact) mass is 307 g/mol. The minimum absolute atomic E-state index is 0.132. The van der Waals surface area contributed by atoms with E-state index in [1.807, 2.05) is 6.92 Å². The quantitative estimate of drug-likeness (QED) is 0.777. The van der Waals surface area contributed by atoms with Gasteiger partial charge in [0, 0.05) is 6.04 Å². The topological polar surface area (TPSA) is 73.9 Å². The highest BCUT2D eigenvalue weighted by atomic mass is 16.5. The van der Waals surface area contributed by atoms with Crippen LogP contribution in [0.5, 0.6) is 11.5 Å². The molecule has 0 spiro atoms. The van der Waals surface area contributed by atoms with Gasteiger partial charge >= 0.3 is 5.97 Å². The third-order valence-corrected chi connectivity index (χ3v) is 3.67. The molecule has 1 aliphatic carbocycles. The van der Waals surface area contributed by atoms with Crippen molar-refractivity contribution in [2.24, 2.45) is 5.92 Å². The second-order valence-corrected chi connectivity index (χ2v) is 5.34. The Bertz CT molecular complexity index is 553. The van der Waals surface area contributed by atoms with Gasteiger partial charge in [0.1, 0.15) is 0 Å². The molecule has 2 rings (SSSR count). The molecular weight excluding hydrogens is 286 g/mol. The smallest absolute Gasteiger partial charge is 0.338 e. The molecule has 1 aromatic rings. The number of carbonyl (C=O) groups is 2. The molecule has 0 unspecified atom stereocenters. The van der Waals surface area contributed by atoms with E-state index in [2.05, 4.69) is 5.32 Å². The first-order valence-corrected chi connectivity index (χ1v) is 7.23. The van der Waals surface area contributed by atoms with E-state index in [-0.39, 0.29) is 18.6 Å². The Hall–Kier alpha value is -2.24. The number of esters is 1. The van der Waals surface area contributed by atoms with Crippen LogP contribution >= 0.6 is 0 Å². The first-order valence-electron chi connectivity index (χ1n) is 7.23. The third kappa shape index (κ3) is 4.13. The fourth-order valence-corrected chi connectivity index (χ4v) is 2.19. The van der Waals surface area contributed by atoms with Gasteiger partial charge < -0.3 is 19.5 Å². The van der Waals surface area contributed by atoms with Crippen molar-refractivity contribution in [3.05, 3.63) is 23.8 Å². The molecule has 1 aromatic carbocycles. The maximum atomic E-state index is 12.0. The van der Waals surface area contributed by atoms with Crippen LogP contribution in [0.3, 0.4) is 0 Å². The second kappa shape index (κ2) is 7.15. The lowest BCUT2D eigenvalue weighted by Gasteiger charge is -2.13. The fraction of sp³-hybridized carbons (Fsp3) is 0.500. The van der Waals surface area contributed by atoms with Gasteiger partial charge in [0.2, 0.25) is 0 Å².